The zero-order chi connectivity index (χ0) is 18.5. The highest BCUT2D eigenvalue weighted by molar-refractivity contribution is 6.35. The number of amides is 1. The summed E-state index contributed by atoms with van der Waals surface area (Å²) < 4.78 is 5.82. The van der Waals surface area contributed by atoms with Crippen LogP contribution in [0.5, 0.6) is 11.6 Å². The van der Waals surface area contributed by atoms with Crippen molar-refractivity contribution in [2.45, 2.75) is 12.8 Å². The predicted octanol–water partition coefficient (Wildman–Crippen LogP) is 4.25. The van der Waals surface area contributed by atoms with Gasteiger partial charge in [-0.1, -0.05) is 23.2 Å². The van der Waals surface area contributed by atoms with E-state index in [4.69, 9.17) is 27.9 Å². The molecule has 0 aliphatic carbocycles. The van der Waals surface area contributed by atoms with Gasteiger partial charge in [-0.2, -0.15) is 0 Å². The molecule has 26 heavy (non-hydrogen) atoms. The second-order valence-corrected chi connectivity index (χ2v) is 7.19. The van der Waals surface area contributed by atoms with Crippen LogP contribution in [0.15, 0.2) is 36.5 Å². The summed E-state index contributed by atoms with van der Waals surface area (Å²) in [5, 5.41) is 4.08. The monoisotopic (exact) mass is 393 g/mol. The van der Waals surface area contributed by atoms with Crippen LogP contribution in [0.25, 0.3) is 0 Å². The van der Waals surface area contributed by atoms with Crippen LogP contribution >= 0.6 is 23.2 Å². The molecule has 2 aromatic rings. The fraction of sp³-hybridized carbons (Fsp3) is 0.368. The largest absolute Gasteiger partial charge is 0.437 e. The number of hydrogen-bond donors (Lipinski definition) is 1. The fourth-order valence-corrected chi connectivity index (χ4v) is 3.62. The van der Waals surface area contributed by atoms with E-state index in [2.05, 4.69) is 10.3 Å². The molecule has 3 rings (SSSR count). The van der Waals surface area contributed by atoms with Gasteiger partial charge in [0.25, 0.3) is 5.91 Å². The maximum absolute atomic E-state index is 13.0. The smallest absolute Gasteiger partial charge is 0.259 e. The second kappa shape index (κ2) is 8.71. The number of ether oxygens (including phenoxy) is 1. The van der Waals surface area contributed by atoms with Gasteiger partial charge in [0.15, 0.2) is 0 Å². The molecule has 1 aliphatic heterocycles. The molecule has 0 bridgehead atoms. The third kappa shape index (κ3) is 4.47. The van der Waals surface area contributed by atoms with E-state index in [9.17, 15) is 4.79 Å². The van der Waals surface area contributed by atoms with Gasteiger partial charge in [-0.05, 0) is 62.7 Å². The van der Waals surface area contributed by atoms with Gasteiger partial charge in [-0.25, -0.2) is 4.98 Å². The van der Waals surface area contributed by atoms with Crippen molar-refractivity contribution < 1.29 is 9.53 Å². The van der Waals surface area contributed by atoms with Gasteiger partial charge < -0.3 is 15.0 Å². The number of rotatable bonds is 5. The van der Waals surface area contributed by atoms with Crippen LogP contribution in [0.3, 0.4) is 0 Å². The molecule has 0 radical (unpaired) electrons. The molecule has 0 spiro atoms. The lowest BCUT2D eigenvalue weighted by Crippen LogP contribution is -2.42. The molecule has 1 atom stereocenters. The van der Waals surface area contributed by atoms with Crippen LogP contribution in [0.4, 0.5) is 0 Å². The summed E-state index contributed by atoms with van der Waals surface area (Å²) in [6.07, 6.45) is 3.72. The van der Waals surface area contributed by atoms with Crippen molar-refractivity contribution >= 4 is 29.1 Å². The number of aromatic nitrogens is 1. The lowest BCUT2D eigenvalue weighted by molar-refractivity contribution is 0.0671. The molecule has 1 saturated heterocycles. The van der Waals surface area contributed by atoms with E-state index in [1.165, 1.54) is 0 Å². The Labute approximate surface area is 163 Å². The van der Waals surface area contributed by atoms with Gasteiger partial charge in [0.05, 0.1) is 5.02 Å². The summed E-state index contributed by atoms with van der Waals surface area (Å²) in [4.78, 5) is 19.1. The third-order valence-electron chi connectivity index (χ3n) is 4.40. The molecule has 0 unspecified atom stereocenters. The Hall–Kier alpha value is -1.82. The maximum Gasteiger partial charge on any atom is 0.259 e. The normalized spacial score (nSPS) is 17.2. The van der Waals surface area contributed by atoms with Crippen molar-refractivity contribution in [3.05, 3.63) is 52.1 Å². The third-order valence-corrected chi connectivity index (χ3v) is 4.93. The van der Waals surface area contributed by atoms with Crippen molar-refractivity contribution in [2.24, 2.45) is 5.92 Å². The van der Waals surface area contributed by atoms with Gasteiger partial charge >= 0.3 is 0 Å². The number of piperidine rings is 1. The maximum atomic E-state index is 13.0. The molecule has 0 saturated carbocycles. The number of halogens is 2. The Morgan fingerprint density at radius 2 is 2.23 bits per heavy atom. The lowest BCUT2D eigenvalue weighted by Gasteiger charge is -2.33. The Balaban J connectivity index is 1.81. The van der Waals surface area contributed by atoms with E-state index >= 15 is 0 Å². The number of nitrogens with one attached hydrogen (secondary N) is 1. The number of carbonyl (C=O) groups excluding carboxylic acids is 1. The van der Waals surface area contributed by atoms with Crippen LogP contribution in [0, 0.1) is 5.92 Å². The van der Waals surface area contributed by atoms with Crippen LogP contribution in [0.2, 0.25) is 10.0 Å². The van der Waals surface area contributed by atoms with Crippen LogP contribution in [-0.2, 0) is 0 Å². The lowest BCUT2D eigenvalue weighted by atomic mass is 9.97. The average Bonchev–Trinajstić information content (AvgIpc) is 2.64. The van der Waals surface area contributed by atoms with Gasteiger partial charge in [-0.3, -0.25) is 4.79 Å². The van der Waals surface area contributed by atoms with E-state index in [1.54, 1.807) is 36.5 Å². The van der Waals surface area contributed by atoms with Crippen molar-refractivity contribution in [2.75, 3.05) is 26.7 Å². The summed E-state index contributed by atoms with van der Waals surface area (Å²) in [7, 11) is 1.93. The molecule has 138 valence electrons. The van der Waals surface area contributed by atoms with E-state index in [1.807, 2.05) is 11.9 Å². The number of carbonyl (C=O) groups is 1. The minimum absolute atomic E-state index is 0.0704. The Morgan fingerprint density at radius 3 is 3.00 bits per heavy atom. The van der Waals surface area contributed by atoms with Crippen LogP contribution < -0.4 is 10.1 Å². The van der Waals surface area contributed by atoms with Crippen molar-refractivity contribution in [1.29, 1.82) is 0 Å². The Bertz CT molecular complexity index is 783. The molecule has 1 aromatic carbocycles. The topological polar surface area (TPSA) is 54.5 Å². The molecule has 2 heterocycles. The Kier molecular flexibility index (Phi) is 6.35. The first kappa shape index (κ1) is 19.0. The predicted molar refractivity (Wildman–Crippen MR) is 103 cm³/mol. The molecule has 1 amide bonds. The molecular weight excluding hydrogens is 373 g/mol. The van der Waals surface area contributed by atoms with Crippen LogP contribution in [-0.4, -0.2) is 42.5 Å². The number of hydrogen-bond acceptors (Lipinski definition) is 4. The first-order chi connectivity index (χ1) is 12.6. The number of benzene rings is 1. The quantitative estimate of drug-likeness (QED) is 0.824. The first-order valence-electron chi connectivity index (χ1n) is 8.60. The molecular formula is C19H21Cl2N3O2. The summed E-state index contributed by atoms with van der Waals surface area (Å²) in [6.45, 7) is 2.38. The molecule has 7 heteroatoms. The van der Waals surface area contributed by atoms with E-state index in [0.29, 0.717) is 27.3 Å². The molecule has 1 fully saturated rings. The highest BCUT2D eigenvalue weighted by atomic mass is 35.5. The minimum atomic E-state index is -0.0704. The van der Waals surface area contributed by atoms with Gasteiger partial charge in [0.1, 0.15) is 11.3 Å². The summed E-state index contributed by atoms with van der Waals surface area (Å²) in [5.41, 5.74) is 0.434. The zero-order valence-corrected chi connectivity index (χ0v) is 16.1. The van der Waals surface area contributed by atoms with Crippen LogP contribution in [0.1, 0.15) is 23.2 Å². The van der Waals surface area contributed by atoms with Gasteiger partial charge in [0, 0.05) is 24.3 Å². The van der Waals surface area contributed by atoms with Crippen molar-refractivity contribution in [3.63, 3.8) is 0 Å². The molecule has 1 N–H and O–H groups in total. The average molecular weight is 394 g/mol. The SMILES string of the molecule is CNC[C@@H]1CCCN(C(=O)c2cccnc2Oc2ccc(Cl)cc2Cl)C1. The van der Waals surface area contributed by atoms with Crippen molar-refractivity contribution in [3.8, 4) is 11.6 Å². The molecule has 1 aromatic heterocycles. The number of likely N-dealkylation sites (tertiary alicyclic amines) is 1. The standard InChI is InChI=1S/C19H21Cl2N3O2/c1-22-11-13-4-3-9-24(12-13)19(25)15-5-2-8-23-18(15)26-17-7-6-14(20)10-16(17)21/h2,5-8,10,13,22H,3-4,9,11-12H2,1H3/t13-/m0/s1. The molecule has 1 aliphatic rings. The summed E-state index contributed by atoms with van der Waals surface area (Å²) >= 11 is 12.1. The zero-order valence-electron chi connectivity index (χ0n) is 14.5. The second-order valence-electron chi connectivity index (χ2n) is 6.35. The number of nitrogens with zero attached hydrogens (tertiary/aromatic N) is 2. The first-order valence-corrected chi connectivity index (χ1v) is 9.36. The fourth-order valence-electron chi connectivity index (χ4n) is 3.17. The highest BCUT2D eigenvalue weighted by Crippen LogP contribution is 2.32. The van der Waals surface area contributed by atoms with Gasteiger partial charge in [0.2, 0.25) is 5.88 Å². The van der Waals surface area contributed by atoms with Gasteiger partial charge in [-0.15, -0.1) is 0 Å². The highest BCUT2D eigenvalue weighted by Gasteiger charge is 2.26. The van der Waals surface area contributed by atoms with Crippen molar-refractivity contribution in [1.82, 2.24) is 15.2 Å². The minimum Gasteiger partial charge on any atom is -0.437 e. The number of pyridine rings is 1. The van der Waals surface area contributed by atoms with E-state index < -0.39 is 0 Å². The van der Waals surface area contributed by atoms with E-state index in [0.717, 1.165) is 32.5 Å². The summed E-state index contributed by atoms with van der Waals surface area (Å²) in [5.74, 6) is 1.05. The Morgan fingerprint density at radius 1 is 1.38 bits per heavy atom. The van der Waals surface area contributed by atoms with E-state index in [-0.39, 0.29) is 11.8 Å². The summed E-state index contributed by atoms with van der Waals surface area (Å²) in [6, 6.07) is 8.41. The molecule has 5 nitrogen and oxygen atoms in total.